The number of hydrogen-bond donors (Lipinski definition) is 1. The van der Waals surface area contributed by atoms with Crippen LogP contribution in [0.1, 0.15) is 66.7 Å². The SMILES string of the molecule is C[C@@H]1CCC23CCC(=O)C2[C@]1(C)[C@H](O)C[C@@](C)(C=O)[C@@H](C)[C@@H]3C. The molecule has 2 bridgehead atoms. The second-order valence-electron chi connectivity index (χ2n) is 9.36. The zero-order valence-corrected chi connectivity index (χ0v) is 15.3. The molecule has 0 amide bonds. The van der Waals surface area contributed by atoms with Gasteiger partial charge in [-0.2, -0.15) is 0 Å². The average molecular weight is 320 g/mol. The highest BCUT2D eigenvalue weighted by Crippen LogP contribution is 2.68. The summed E-state index contributed by atoms with van der Waals surface area (Å²) in [5.41, 5.74) is -0.936. The minimum Gasteiger partial charge on any atom is -0.392 e. The minimum atomic E-state index is -0.589. The van der Waals surface area contributed by atoms with Crippen molar-refractivity contribution >= 4 is 12.1 Å². The molecule has 0 spiro atoms. The van der Waals surface area contributed by atoms with E-state index in [4.69, 9.17) is 0 Å². The number of hydrogen-bond acceptors (Lipinski definition) is 3. The van der Waals surface area contributed by atoms with Gasteiger partial charge in [-0.25, -0.2) is 0 Å². The van der Waals surface area contributed by atoms with Crippen LogP contribution in [0, 0.1) is 39.9 Å². The van der Waals surface area contributed by atoms with Gasteiger partial charge < -0.3 is 9.90 Å². The second kappa shape index (κ2) is 5.15. The van der Waals surface area contributed by atoms with E-state index in [-0.39, 0.29) is 17.3 Å². The van der Waals surface area contributed by atoms with E-state index in [0.717, 1.165) is 25.5 Å². The fraction of sp³-hybridized carbons (Fsp3) is 0.900. The molecule has 0 aromatic carbocycles. The number of carbonyl (C=O) groups excluding carboxylic acids is 2. The molecule has 0 radical (unpaired) electrons. The van der Waals surface area contributed by atoms with Crippen molar-refractivity contribution in [2.45, 2.75) is 72.8 Å². The Morgan fingerprint density at radius 1 is 1.13 bits per heavy atom. The number of aliphatic hydroxyl groups is 1. The van der Waals surface area contributed by atoms with Gasteiger partial charge in [-0.15, -0.1) is 0 Å². The molecule has 0 aromatic heterocycles. The molecule has 3 fully saturated rings. The normalized spacial score (nSPS) is 56.6. The third kappa shape index (κ3) is 1.98. The first-order valence-corrected chi connectivity index (χ1v) is 9.30. The van der Waals surface area contributed by atoms with Crippen molar-refractivity contribution in [3.8, 4) is 0 Å². The van der Waals surface area contributed by atoms with Crippen molar-refractivity contribution < 1.29 is 14.7 Å². The second-order valence-corrected chi connectivity index (χ2v) is 9.36. The predicted molar refractivity (Wildman–Crippen MR) is 89.8 cm³/mol. The fourth-order valence-electron chi connectivity index (χ4n) is 6.57. The van der Waals surface area contributed by atoms with Crippen LogP contribution in [0.3, 0.4) is 0 Å². The van der Waals surface area contributed by atoms with Gasteiger partial charge in [0.25, 0.3) is 0 Å². The van der Waals surface area contributed by atoms with Crippen LogP contribution in [0.5, 0.6) is 0 Å². The Morgan fingerprint density at radius 2 is 1.78 bits per heavy atom. The van der Waals surface area contributed by atoms with Gasteiger partial charge in [0, 0.05) is 23.2 Å². The van der Waals surface area contributed by atoms with E-state index in [0.29, 0.717) is 30.5 Å². The lowest BCUT2D eigenvalue weighted by Gasteiger charge is -2.61. The topological polar surface area (TPSA) is 54.4 Å². The summed E-state index contributed by atoms with van der Waals surface area (Å²) in [5, 5.41) is 11.2. The standard InChI is InChI=1S/C20H32O3/c1-12-6-8-20-9-7-15(22)17(20)19(12,5)16(23)10-18(4,11-21)13(2)14(20)3/h11-14,16-17,23H,6-10H2,1-5H3/t12-,13+,14+,16-,17?,18+,19+,20?/m1/s1. The highest BCUT2D eigenvalue weighted by atomic mass is 16.3. The molecule has 2 unspecified atom stereocenters. The Morgan fingerprint density at radius 3 is 2.39 bits per heavy atom. The minimum absolute atomic E-state index is 0.0244. The van der Waals surface area contributed by atoms with Crippen molar-refractivity contribution in [1.29, 1.82) is 0 Å². The van der Waals surface area contributed by atoms with Crippen molar-refractivity contribution in [3.05, 3.63) is 0 Å². The van der Waals surface area contributed by atoms with Gasteiger partial charge >= 0.3 is 0 Å². The number of aliphatic hydroxyl groups excluding tert-OH is 1. The predicted octanol–water partition coefficient (Wildman–Crippen LogP) is 3.63. The molecule has 130 valence electrons. The third-order valence-corrected chi connectivity index (χ3v) is 8.78. The van der Waals surface area contributed by atoms with E-state index in [1.807, 2.05) is 6.92 Å². The van der Waals surface area contributed by atoms with Gasteiger partial charge in [-0.05, 0) is 48.9 Å². The molecule has 3 nitrogen and oxygen atoms in total. The van der Waals surface area contributed by atoms with Crippen LogP contribution >= 0.6 is 0 Å². The first-order chi connectivity index (χ1) is 10.6. The molecule has 1 N–H and O–H groups in total. The van der Waals surface area contributed by atoms with Crippen molar-refractivity contribution in [1.82, 2.24) is 0 Å². The molecule has 0 aliphatic heterocycles. The van der Waals surface area contributed by atoms with E-state index in [2.05, 4.69) is 27.7 Å². The third-order valence-electron chi connectivity index (χ3n) is 8.78. The molecule has 3 saturated carbocycles. The summed E-state index contributed by atoms with van der Waals surface area (Å²) in [6.45, 7) is 10.7. The summed E-state index contributed by atoms with van der Waals surface area (Å²) in [5.74, 6) is 1.14. The van der Waals surface area contributed by atoms with E-state index in [9.17, 15) is 14.7 Å². The van der Waals surface area contributed by atoms with E-state index in [1.54, 1.807) is 0 Å². The summed E-state index contributed by atoms with van der Waals surface area (Å²) in [7, 11) is 0. The molecule has 0 heterocycles. The first-order valence-electron chi connectivity index (χ1n) is 9.30. The molecule has 8 atom stereocenters. The molecule has 3 aliphatic carbocycles. The Kier molecular flexibility index (Phi) is 3.83. The number of rotatable bonds is 1. The summed E-state index contributed by atoms with van der Waals surface area (Å²) < 4.78 is 0. The van der Waals surface area contributed by atoms with Gasteiger partial charge in [0.1, 0.15) is 12.1 Å². The maximum absolute atomic E-state index is 12.9. The van der Waals surface area contributed by atoms with E-state index < -0.39 is 16.9 Å². The Labute approximate surface area is 140 Å². The van der Waals surface area contributed by atoms with Crippen molar-refractivity contribution in [3.63, 3.8) is 0 Å². The Bertz CT molecular complexity index is 529. The fourth-order valence-corrected chi connectivity index (χ4v) is 6.57. The largest absolute Gasteiger partial charge is 0.392 e. The Hall–Kier alpha value is -0.700. The summed E-state index contributed by atoms with van der Waals surface area (Å²) in [4.78, 5) is 24.8. The van der Waals surface area contributed by atoms with Crippen LogP contribution in [0.15, 0.2) is 0 Å². The number of Topliss-reactive ketones (excluding diaryl/α,β-unsaturated/α-hetero) is 1. The molecular weight excluding hydrogens is 288 g/mol. The lowest BCUT2D eigenvalue weighted by molar-refractivity contribution is -0.183. The van der Waals surface area contributed by atoms with Crippen LogP contribution < -0.4 is 0 Å². The quantitative estimate of drug-likeness (QED) is 0.751. The monoisotopic (exact) mass is 320 g/mol. The molecule has 23 heavy (non-hydrogen) atoms. The Balaban J connectivity index is 2.21. The molecule has 0 aromatic rings. The van der Waals surface area contributed by atoms with Gasteiger partial charge in [0.05, 0.1) is 6.10 Å². The summed E-state index contributed by atoms with van der Waals surface area (Å²) in [6, 6.07) is 0. The first kappa shape index (κ1) is 17.1. The number of aldehydes is 1. The van der Waals surface area contributed by atoms with E-state index >= 15 is 0 Å². The van der Waals surface area contributed by atoms with E-state index in [1.165, 1.54) is 0 Å². The van der Waals surface area contributed by atoms with Gasteiger partial charge in [-0.1, -0.05) is 34.6 Å². The molecule has 0 saturated heterocycles. The smallest absolute Gasteiger partial charge is 0.137 e. The number of carbonyl (C=O) groups is 2. The molecule has 3 rings (SSSR count). The summed E-state index contributed by atoms with van der Waals surface area (Å²) in [6.07, 6.45) is 4.67. The maximum Gasteiger partial charge on any atom is 0.137 e. The lowest BCUT2D eigenvalue weighted by atomic mass is 9.43. The zero-order valence-electron chi connectivity index (χ0n) is 15.3. The molecule has 3 heteroatoms. The van der Waals surface area contributed by atoms with Crippen LogP contribution in [-0.2, 0) is 9.59 Å². The van der Waals surface area contributed by atoms with Crippen LogP contribution in [-0.4, -0.2) is 23.3 Å². The molecule has 3 aliphatic rings. The zero-order chi connectivity index (χ0) is 17.2. The highest BCUT2D eigenvalue weighted by Gasteiger charge is 2.67. The van der Waals surface area contributed by atoms with Crippen LogP contribution in [0.2, 0.25) is 0 Å². The van der Waals surface area contributed by atoms with Gasteiger partial charge in [0.15, 0.2) is 0 Å². The average Bonchev–Trinajstić information content (AvgIpc) is 2.87. The van der Waals surface area contributed by atoms with Crippen LogP contribution in [0.4, 0.5) is 0 Å². The maximum atomic E-state index is 12.9. The van der Waals surface area contributed by atoms with Crippen molar-refractivity contribution in [2.24, 2.45) is 39.9 Å². The molecular formula is C20H32O3. The summed E-state index contributed by atoms with van der Waals surface area (Å²) >= 11 is 0. The van der Waals surface area contributed by atoms with Gasteiger partial charge in [-0.3, -0.25) is 4.79 Å². The van der Waals surface area contributed by atoms with Crippen LogP contribution in [0.25, 0.3) is 0 Å². The highest BCUT2D eigenvalue weighted by molar-refractivity contribution is 5.85. The van der Waals surface area contributed by atoms with Gasteiger partial charge in [0.2, 0.25) is 0 Å². The van der Waals surface area contributed by atoms with Crippen molar-refractivity contribution in [2.75, 3.05) is 0 Å². The number of ketones is 1. The lowest BCUT2D eigenvalue weighted by Crippen LogP contribution is -2.61.